The van der Waals surface area contributed by atoms with E-state index in [-0.39, 0.29) is 0 Å². The molecule has 138 valence electrons. The van der Waals surface area contributed by atoms with E-state index in [4.69, 9.17) is 4.18 Å². The number of fused-ring (bicyclic) bond motifs is 1. The van der Waals surface area contributed by atoms with E-state index in [0.29, 0.717) is 16.8 Å². The second kappa shape index (κ2) is 6.44. The number of para-hydroxylation sites is 1. The van der Waals surface area contributed by atoms with Gasteiger partial charge in [0.15, 0.2) is 0 Å². The maximum atomic E-state index is 12.8. The molecule has 0 amide bonds. The number of halogens is 3. The van der Waals surface area contributed by atoms with Crippen molar-refractivity contribution in [2.75, 3.05) is 6.26 Å². The molecule has 2 aromatic carbocycles. The number of H-pyrrole nitrogens is 1. The molecule has 0 bridgehead atoms. The third-order valence-electron chi connectivity index (χ3n) is 4.02. The Balaban J connectivity index is 2.16. The average Bonchev–Trinajstić information content (AvgIpc) is 2.87. The fourth-order valence-corrected chi connectivity index (χ4v) is 3.49. The Morgan fingerprint density at radius 1 is 1.04 bits per heavy atom. The molecular formula is C18H16F3NO3S. The average molecular weight is 383 g/mol. The first-order valence-corrected chi connectivity index (χ1v) is 9.50. The Hall–Kier alpha value is -2.32. The quantitative estimate of drug-likeness (QED) is 0.672. The molecule has 3 aromatic rings. The molecule has 0 aliphatic rings. The maximum Gasteiger partial charge on any atom is 0.416 e. The summed E-state index contributed by atoms with van der Waals surface area (Å²) in [5.74, 6) is 0. The van der Waals surface area contributed by atoms with E-state index in [1.54, 1.807) is 19.1 Å². The predicted molar refractivity (Wildman–Crippen MR) is 92.3 cm³/mol. The Kier molecular flexibility index (Phi) is 4.58. The molecule has 0 spiro atoms. The highest BCUT2D eigenvalue weighted by atomic mass is 32.2. The summed E-state index contributed by atoms with van der Waals surface area (Å²) in [7, 11) is -3.86. The first kappa shape index (κ1) is 18.5. The molecule has 1 aromatic heterocycles. The zero-order valence-corrected chi connectivity index (χ0v) is 14.8. The standard InChI is InChI=1S/C18H16F3NO3S/c1-11-16(14-5-3-4-6-15(14)22-11)17(25-26(2,23)24)12-7-9-13(10-8-12)18(19,20)21/h3-10,17,22H,1-2H3. The zero-order valence-electron chi connectivity index (χ0n) is 14.0. The van der Waals surface area contributed by atoms with Crippen LogP contribution in [0.2, 0.25) is 0 Å². The lowest BCUT2D eigenvalue weighted by Gasteiger charge is -2.18. The van der Waals surface area contributed by atoms with E-state index >= 15 is 0 Å². The Morgan fingerprint density at radius 3 is 2.23 bits per heavy atom. The number of nitrogens with one attached hydrogen (secondary N) is 1. The highest BCUT2D eigenvalue weighted by Gasteiger charge is 2.31. The largest absolute Gasteiger partial charge is 0.416 e. The highest BCUT2D eigenvalue weighted by Crippen LogP contribution is 2.37. The molecule has 0 aliphatic heterocycles. The summed E-state index contributed by atoms with van der Waals surface area (Å²) in [6.07, 6.45) is -4.61. The minimum absolute atomic E-state index is 0.316. The van der Waals surface area contributed by atoms with Gasteiger partial charge in [0.2, 0.25) is 0 Å². The summed E-state index contributed by atoms with van der Waals surface area (Å²) in [5, 5.41) is 0.749. The van der Waals surface area contributed by atoms with Crippen molar-refractivity contribution in [1.82, 2.24) is 4.98 Å². The van der Waals surface area contributed by atoms with Crippen LogP contribution < -0.4 is 0 Å². The van der Waals surface area contributed by atoms with Gasteiger partial charge in [-0.3, -0.25) is 4.18 Å². The summed E-state index contributed by atoms with van der Waals surface area (Å²) in [5.41, 5.74) is 1.55. The van der Waals surface area contributed by atoms with E-state index in [2.05, 4.69) is 4.98 Å². The van der Waals surface area contributed by atoms with Crippen molar-refractivity contribution < 1.29 is 25.8 Å². The maximum absolute atomic E-state index is 12.8. The van der Waals surface area contributed by atoms with Crippen molar-refractivity contribution in [1.29, 1.82) is 0 Å². The van der Waals surface area contributed by atoms with Crippen LogP contribution >= 0.6 is 0 Å². The minimum atomic E-state index is -4.47. The first-order valence-electron chi connectivity index (χ1n) is 7.69. The molecule has 26 heavy (non-hydrogen) atoms. The number of rotatable bonds is 4. The van der Waals surface area contributed by atoms with Crippen LogP contribution in [-0.2, 0) is 20.5 Å². The number of alkyl halides is 3. The van der Waals surface area contributed by atoms with Gasteiger partial charge in [0, 0.05) is 22.2 Å². The van der Waals surface area contributed by atoms with Gasteiger partial charge in [-0.2, -0.15) is 21.6 Å². The predicted octanol–water partition coefficient (Wildman–Crippen LogP) is 4.56. The number of aromatic amines is 1. The van der Waals surface area contributed by atoms with Gasteiger partial charge in [-0.25, -0.2) is 0 Å². The van der Waals surface area contributed by atoms with E-state index in [0.717, 1.165) is 29.3 Å². The second-order valence-corrected chi connectivity index (χ2v) is 7.61. The van der Waals surface area contributed by atoms with Gasteiger partial charge in [-0.1, -0.05) is 30.3 Å². The normalized spacial score (nSPS) is 13.9. The molecule has 1 heterocycles. The monoisotopic (exact) mass is 383 g/mol. The highest BCUT2D eigenvalue weighted by molar-refractivity contribution is 7.86. The van der Waals surface area contributed by atoms with Crippen LogP contribution in [0.15, 0.2) is 48.5 Å². The van der Waals surface area contributed by atoms with Gasteiger partial charge in [-0.15, -0.1) is 0 Å². The fourth-order valence-electron chi connectivity index (χ4n) is 2.93. The van der Waals surface area contributed by atoms with Crippen molar-refractivity contribution in [3.05, 3.63) is 70.9 Å². The number of benzene rings is 2. The van der Waals surface area contributed by atoms with Gasteiger partial charge < -0.3 is 4.98 Å². The van der Waals surface area contributed by atoms with Crippen LogP contribution in [0.4, 0.5) is 13.2 Å². The fraction of sp³-hybridized carbons (Fsp3) is 0.222. The summed E-state index contributed by atoms with van der Waals surface area (Å²) >= 11 is 0. The van der Waals surface area contributed by atoms with E-state index in [1.165, 1.54) is 12.1 Å². The lowest BCUT2D eigenvalue weighted by atomic mass is 9.98. The van der Waals surface area contributed by atoms with Gasteiger partial charge >= 0.3 is 6.18 Å². The summed E-state index contributed by atoms with van der Waals surface area (Å²) in [4.78, 5) is 3.14. The Bertz CT molecular complexity index is 1040. The first-order chi connectivity index (χ1) is 12.1. The van der Waals surface area contributed by atoms with Crippen LogP contribution in [0.25, 0.3) is 10.9 Å². The van der Waals surface area contributed by atoms with Gasteiger partial charge in [0.05, 0.1) is 11.8 Å². The van der Waals surface area contributed by atoms with Crippen LogP contribution in [0, 0.1) is 6.92 Å². The molecule has 8 heteroatoms. The molecule has 0 saturated heterocycles. The summed E-state index contributed by atoms with van der Waals surface area (Å²) in [6.45, 7) is 1.76. The van der Waals surface area contributed by atoms with E-state index in [1.807, 2.05) is 12.1 Å². The summed E-state index contributed by atoms with van der Waals surface area (Å²) in [6, 6.07) is 11.6. The molecule has 0 radical (unpaired) electrons. The van der Waals surface area contributed by atoms with Gasteiger partial charge in [0.25, 0.3) is 10.1 Å². The van der Waals surface area contributed by atoms with Crippen molar-refractivity contribution in [2.45, 2.75) is 19.2 Å². The topological polar surface area (TPSA) is 59.2 Å². The summed E-state index contributed by atoms with van der Waals surface area (Å²) < 4.78 is 67.2. The number of hydrogen-bond acceptors (Lipinski definition) is 3. The molecule has 3 rings (SSSR count). The lowest BCUT2D eigenvalue weighted by molar-refractivity contribution is -0.137. The van der Waals surface area contributed by atoms with Crippen LogP contribution in [0.5, 0.6) is 0 Å². The van der Waals surface area contributed by atoms with Crippen LogP contribution in [0.3, 0.4) is 0 Å². The van der Waals surface area contributed by atoms with Crippen molar-refractivity contribution in [3.63, 3.8) is 0 Å². The molecule has 0 aliphatic carbocycles. The smallest absolute Gasteiger partial charge is 0.358 e. The Labute approximate surface area is 148 Å². The number of aryl methyl sites for hydroxylation is 1. The van der Waals surface area contributed by atoms with Gasteiger partial charge in [-0.05, 0) is 30.7 Å². The number of aromatic nitrogens is 1. The van der Waals surface area contributed by atoms with E-state index in [9.17, 15) is 21.6 Å². The third-order valence-corrected chi connectivity index (χ3v) is 4.56. The zero-order chi connectivity index (χ0) is 19.1. The molecular weight excluding hydrogens is 367 g/mol. The van der Waals surface area contributed by atoms with Crippen molar-refractivity contribution in [2.24, 2.45) is 0 Å². The molecule has 1 unspecified atom stereocenters. The lowest BCUT2D eigenvalue weighted by Crippen LogP contribution is -2.13. The SMILES string of the molecule is Cc1[nH]c2ccccc2c1C(OS(C)(=O)=O)c1ccc(C(F)(F)F)cc1. The molecule has 0 fully saturated rings. The molecule has 0 saturated carbocycles. The van der Waals surface area contributed by atoms with E-state index < -0.39 is 28.0 Å². The van der Waals surface area contributed by atoms with Crippen molar-refractivity contribution in [3.8, 4) is 0 Å². The van der Waals surface area contributed by atoms with Gasteiger partial charge in [0.1, 0.15) is 6.10 Å². The Morgan fingerprint density at radius 2 is 1.65 bits per heavy atom. The minimum Gasteiger partial charge on any atom is -0.358 e. The molecule has 1 N–H and O–H groups in total. The molecule has 4 nitrogen and oxygen atoms in total. The van der Waals surface area contributed by atoms with Crippen LogP contribution in [-0.4, -0.2) is 19.7 Å². The third kappa shape index (κ3) is 3.76. The van der Waals surface area contributed by atoms with Crippen LogP contribution in [0.1, 0.15) is 28.5 Å². The number of hydrogen-bond donors (Lipinski definition) is 1. The second-order valence-electron chi connectivity index (χ2n) is 6.01. The van der Waals surface area contributed by atoms with Crippen molar-refractivity contribution >= 4 is 21.0 Å². The molecule has 1 atom stereocenters.